The lowest BCUT2D eigenvalue weighted by molar-refractivity contribution is 0.601. The number of hydrogen-bond acceptors (Lipinski definition) is 2. The van der Waals surface area contributed by atoms with Crippen LogP contribution in [0.5, 0.6) is 0 Å². The van der Waals surface area contributed by atoms with E-state index < -0.39 is 0 Å². The summed E-state index contributed by atoms with van der Waals surface area (Å²) in [6.07, 6.45) is 1.20. The predicted octanol–water partition coefficient (Wildman–Crippen LogP) is 2.91. The van der Waals surface area contributed by atoms with Gasteiger partial charge < -0.3 is 5.32 Å². The smallest absolute Gasteiger partial charge is 0.0706 e. The van der Waals surface area contributed by atoms with E-state index in [0.29, 0.717) is 6.04 Å². The van der Waals surface area contributed by atoms with Gasteiger partial charge in [0, 0.05) is 11.4 Å². The van der Waals surface area contributed by atoms with Crippen LogP contribution in [0.3, 0.4) is 0 Å². The van der Waals surface area contributed by atoms with E-state index in [0.717, 1.165) is 18.0 Å². The molecule has 2 unspecified atom stereocenters. The maximum absolute atomic E-state index is 4.73. The fourth-order valence-corrected chi connectivity index (χ4v) is 2.41. The summed E-state index contributed by atoms with van der Waals surface area (Å²) in [5.74, 6) is 0.762. The molecule has 2 nitrogen and oxygen atoms in total. The fourth-order valence-electron chi connectivity index (χ4n) is 2.41. The number of para-hydroxylation sites is 1. The Bertz CT molecular complexity index is 507. The molecule has 3 rings (SSSR count). The molecule has 2 aromatic rings. The highest BCUT2D eigenvalue weighted by molar-refractivity contribution is 5.78. The summed E-state index contributed by atoms with van der Waals surface area (Å²) in [6, 6.07) is 13.1. The van der Waals surface area contributed by atoms with Crippen LogP contribution in [-0.4, -0.2) is 11.5 Å². The SMILES string of the molecule is CC1CNC(c2ccc3ccccc3n2)C1. The van der Waals surface area contributed by atoms with Crippen molar-refractivity contribution in [2.75, 3.05) is 6.54 Å². The minimum atomic E-state index is 0.444. The Morgan fingerprint density at radius 1 is 1.19 bits per heavy atom. The molecule has 0 spiro atoms. The maximum Gasteiger partial charge on any atom is 0.0706 e. The van der Waals surface area contributed by atoms with Crippen molar-refractivity contribution in [2.45, 2.75) is 19.4 Å². The fraction of sp³-hybridized carbons (Fsp3) is 0.357. The number of nitrogens with zero attached hydrogens (tertiary/aromatic N) is 1. The van der Waals surface area contributed by atoms with Gasteiger partial charge in [-0.3, -0.25) is 4.98 Å². The molecule has 2 heteroatoms. The van der Waals surface area contributed by atoms with Gasteiger partial charge in [-0.1, -0.05) is 31.2 Å². The zero-order chi connectivity index (χ0) is 11.0. The molecule has 1 aromatic heterocycles. The van der Waals surface area contributed by atoms with Gasteiger partial charge in [0.05, 0.1) is 11.2 Å². The van der Waals surface area contributed by atoms with Crippen molar-refractivity contribution >= 4 is 10.9 Å². The number of benzene rings is 1. The van der Waals surface area contributed by atoms with Crippen LogP contribution in [0.25, 0.3) is 10.9 Å². The van der Waals surface area contributed by atoms with Crippen molar-refractivity contribution < 1.29 is 0 Å². The van der Waals surface area contributed by atoms with Crippen LogP contribution in [0.15, 0.2) is 36.4 Å². The molecule has 0 saturated carbocycles. The lowest BCUT2D eigenvalue weighted by Gasteiger charge is -2.10. The first-order valence-electron chi connectivity index (χ1n) is 5.92. The molecule has 0 radical (unpaired) electrons. The van der Waals surface area contributed by atoms with Gasteiger partial charge >= 0.3 is 0 Å². The summed E-state index contributed by atoms with van der Waals surface area (Å²) in [4.78, 5) is 4.73. The van der Waals surface area contributed by atoms with Gasteiger partial charge in [0.25, 0.3) is 0 Å². The average molecular weight is 212 g/mol. The summed E-state index contributed by atoms with van der Waals surface area (Å²) in [5.41, 5.74) is 2.28. The van der Waals surface area contributed by atoms with Gasteiger partial charge in [0.15, 0.2) is 0 Å². The number of rotatable bonds is 1. The molecule has 1 aromatic carbocycles. The van der Waals surface area contributed by atoms with Crippen LogP contribution in [0.1, 0.15) is 25.1 Å². The van der Waals surface area contributed by atoms with Crippen LogP contribution in [0.4, 0.5) is 0 Å². The molecule has 82 valence electrons. The summed E-state index contributed by atoms with van der Waals surface area (Å²) in [7, 11) is 0. The molecule has 0 amide bonds. The topological polar surface area (TPSA) is 24.9 Å². The summed E-state index contributed by atoms with van der Waals surface area (Å²) in [6.45, 7) is 3.40. The molecule has 0 bridgehead atoms. The van der Waals surface area contributed by atoms with Crippen LogP contribution < -0.4 is 5.32 Å². The third-order valence-electron chi connectivity index (χ3n) is 3.33. The molecule has 0 aliphatic carbocycles. The Labute approximate surface area is 95.7 Å². The lowest BCUT2D eigenvalue weighted by Crippen LogP contribution is -2.14. The minimum absolute atomic E-state index is 0.444. The third-order valence-corrected chi connectivity index (χ3v) is 3.33. The number of fused-ring (bicyclic) bond motifs is 1. The molecule has 1 saturated heterocycles. The molecular formula is C14H16N2. The van der Waals surface area contributed by atoms with E-state index in [1.807, 2.05) is 6.07 Å². The van der Waals surface area contributed by atoms with Crippen molar-refractivity contribution in [3.05, 3.63) is 42.1 Å². The monoisotopic (exact) mass is 212 g/mol. The zero-order valence-electron chi connectivity index (χ0n) is 9.48. The highest BCUT2D eigenvalue weighted by Gasteiger charge is 2.22. The Hall–Kier alpha value is -1.41. The van der Waals surface area contributed by atoms with Crippen molar-refractivity contribution in [3.8, 4) is 0 Å². The van der Waals surface area contributed by atoms with E-state index >= 15 is 0 Å². The van der Waals surface area contributed by atoms with E-state index in [9.17, 15) is 0 Å². The van der Waals surface area contributed by atoms with Gasteiger partial charge in [-0.05, 0) is 31.0 Å². The second-order valence-electron chi connectivity index (χ2n) is 4.73. The average Bonchev–Trinajstić information content (AvgIpc) is 2.75. The zero-order valence-corrected chi connectivity index (χ0v) is 9.48. The van der Waals surface area contributed by atoms with E-state index in [-0.39, 0.29) is 0 Å². The number of pyridine rings is 1. The molecule has 16 heavy (non-hydrogen) atoms. The molecule has 1 N–H and O–H groups in total. The normalized spacial score (nSPS) is 25.1. The molecular weight excluding hydrogens is 196 g/mol. The van der Waals surface area contributed by atoms with Gasteiger partial charge in [-0.15, -0.1) is 0 Å². The van der Waals surface area contributed by atoms with Gasteiger partial charge in [0.1, 0.15) is 0 Å². The molecule has 2 heterocycles. The number of aromatic nitrogens is 1. The second kappa shape index (κ2) is 3.87. The summed E-state index contributed by atoms with van der Waals surface area (Å²) in [5, 5.41) is 4.74. The summed E-state index contributed by atoms with van der Waals surface area (Å²) < 4.78 is 0. The Kier molecular flexibility index (Phi) is 2.37. The van der Waals surface area contributed by atoms with Gasteiger partial charge in [-0.2, -0.15) is 0 Å². The first kappa shape index (κ1) is 9.79. The molecule has 1 aliphatic rings. The Morgan fingerprint density at radius 2 is 2.06 bits per heavy atom. The highest BCUT2D eigenvalue weighted by Crippen LogP contribution is 2.26. The first-order chi connectivity index (χ1) is 7.83. The quantitative estimate of drug-likeness (QED) is 0.786. The third kappa shape index (κ3) is 1.69. The van der Waals surface area contributed by atoms with Crippen molar-refractivity contribution in [1.82, 2.24) is 10.3 Å². The minimum Gasteiger partial charge on any atom is -0.308 e. The first-order valence-corrected chi connectivity index (χ1v) is 5.92. The summed E-state index contributed by atoms with van der Waals surface area (Å²) >= 11 is 0. The largest absolute Gasteiger partial charge is 0.308 e. The predicted molar refractivity (Wildman–Crippen MR) is 66.3 cm³/mol. The standard InChI is InChI=1S/C14H16N2/c1-10-8-14(15-9-10)13-7-6-11-4-2-3-5-12(11)16-13/h2-7,10,14-15H,8-9H2,1H3. The Morgan fingerprint density at radius 3 is 2.88 bits per heavy atom. The molecule has 1 aliphatic heterocycles. The number of nitrogens with one attached hydrogen (secondary N) is 1. The van der Waals surface area contributed by atoms with Crippen molar-refractivity contribution in [3.63, 3.8) is 0 Å². The van der Waals surface area contributed by atoms with Gasteiger partial charge in [-0.25, -0.2) is 0 Å². The Balaban J connectivity index is 1.99. The van der Waals surface area contributed by atoms with Crippen LogP contribution in [-0.2, 0) is 0 Å². The van der Waals surface area contributed by atoms with Crippen molar-refractivity contribution in [1.29, 1.82) is 0 Å². The second-order valence-corrected chi connectivity index (χ2v) is 4.73. The highest BCUT2D eigenvalue weighted by atomic mass is 15.0. The lowest BCUT2D eigenvalue weighted by atomic mass is 10.0. The van der Waals surface area contributed by atoms with Gasteiger partial charge in [0.2, 0.25) is 0 Å². The van der Waals surface area contributed by atoms with Crippen LogP contribution >= 0.6 is 0 Å². The van der Waals surface area contributed by atoms with Crippen LogP contribution in [0, 0.1) is 5.92 Å². The molecule has 2 atom stereocenters. The number of hydrogen-bond donors (Lipinski definition) is 1. The van der Waals surface area contributed by atoms with E-state index in [4.69, 9.17) is 4.98 Å². The maximum atomic E-state index is 4.73. The molecule has 1 fully saturated rings. The van der Waals surface area contributed by atoms with E-state index in [1.165, 1.54) is 17.5 Å². The van der Waals surface area contributed by atoms with E-state index in [1.54, 1.807) is 0 Å². The van der Waals surface area contributed by atoms with Crippen molar-refractivity contribution in [2.24, 2.45) is 5.92 Å². The van der Waals surface area contributed by atoms with Crippen LogP contribution in [0.2, 0.25) is 0 Å². The van der Waals surface area contributed by atoms with E-state index in [2.05, 4.69) is 42.6 Å².